The van der Waals surface area contributed by atoms with Crippen LogP contribution in [0.1, 0.15) is 49.5 Å². The topological polar surface area (TPSA) is 58.1 Å². The van der Waals surface area contributed by atoms with Crippen molar-refractivity contribution in [3.05, 3.63) is 35.1 Å². The maximum absolute atomic E-state index is 14.0. The summed E-state index contributed by atoms with van der Waals surface area (Å²) in [5.41, 5.74) is 0.489. The van der Waals surface area contributed by atoms with Gasteiger partial charge in [0.15, 0.2) is 5.01 Å². The zero-order chi connectivity index (χ0) is 17.9. The minimum absolute atomic E-state index is 0.0421. The van der Waals surface area contributed by atoms with E-state index in [-0.39, 0.29) is 17.8 Å². The summed E-state index contributed by atoms with van der Waals surface area (Å²) < 4.78 is 14.0. The standard InChI is InChI=1S/C19H23FN4OS/c20-16-10-4-3-9-15(16)18-23-22-17(26-18)13-6-5-11-24(12-13)19(25)21-14-7-1-2-8-14/h3-4,9-10,13-14H,1-2,5-8,11-12H2,(H,21,25). The monoisotopic (exact) mass is 374 g/mol. The lowest BCUT2D eigenvalue weighted by Crippen LogP contribution is -2.47. The summed E-state index contributed by atoms with van der Waals surface area (Å²) in [7, 11) is 0. The van der Waals surface area contributed by atoms with E-state index >= 15 is 0 Å². The van der Waals surface area contributed by atoms with Crippen molar-refractivity contribution in [2.75, 3.05) is 13.1 Å². The van der Waals surface area contributed by atoms with E-state index in [2.05, 4.69) is 15.5 Å². The molecule has 0 radical (unpaired) electrons. The highest BCUT2D eigenvalue weighted by Crippen LogP contribution is 2.33. The fraction of sp³-hybridized carbons (Fsp3) is 0.526. The summed E-state index contributed by atoms with van der Waals surface area (Å²) in [6.07, 6.45) is 6.53. The minimum atomic E-state index is -0.281. The Morgan fingerprint density at radius 1 is 1.15 bits per heavy atom. The fourth-order valence-electron chi connectivity index (χ4n) is 3.84. The van der Waals surface area contributed by atoms with Crippen molar-refractivity contribution >= 4 is 17.4 Å². The van der Waals surface area contributed by atoms with E-state index in [0.717, 1.165) is 37.2 Å². The Kier molecular flexibility index (Phi) is 5.15. The largest absolute Gasteiger partial charge is 0.335 e. The number of urea groups is 1. The number of aromatic nitrogens is 2. The molecule has 1 aliphatic carbocycles. The molecule has 2 aromatic rings. The first kappa shape index (κ1) is 17.4. The predicted octanol–water partition coefficient (Wildman–Crippen LogP) is 4.18. The average Bonchev–Trinajstić information content (AvgIpc) is 3.34. The number of nitrogens with zero attached hydrogens (tertiary/aromatic N) is 3. The van der Waals surface area contributed by atoms with Gasteiger partial charge < -0.3 is 10.2 Å². The molecule has 26 heavy (non-hydrogen) atoms. The number of likely N-dealkylation sites (tertiary alicyclic amines) is 1. The van der Waals surface area contributed by atoms with Crippen molar-refractivity contribution in [3.8, 4) is 10.6 Å². The number of piperidine rings is 1. The number of amides is 2. The van der Waals surface area contributed by atoms with Crippen LogP contribution >= 0.6 is 11.3 Å². The molecule has 1 N–H and O–H groups in total. The van der Waals surface area contributed by atoms with Gasteiger partial charge in [-0.3, -0.25) is 0 Å². The molecule has 2 aliphatic rings. The van der Waals surface area contributed by atoms with Crippen LogP contribution < -0.4 is 5.32 Å². The van der Waals surface area contributed by atoms with Crippen LogP contribution in [0, 0.1) is 5.82 Å². The number of hydrogen-bond donors (Lipinski definition) is 1. The summed E-state index contributed by atoms with van der Waals surface area (Å²) in [5, 5.41) is 13.1. The van der Waals surface area contributed by atoms with E-state index in [4.69, 9.17) is 0 Å². The molecule has 1 aromatic carbocycles. The number of rotatable bonds is 3. The molecule has 1 aromatic heterocycles. The number of carbonyl (C=O) groups excluding carboxylic acids is 1. The van der Waals surface area contributed by atoms with E-state index in [0.29, 0.717) is 23.2 Å². The van der Waals surface area contributed by atoms with Crippen LogP contribution in [0.3, 0.4) is 0 Å². The van der Waals surface area contributed by atoms with Gasteiger partial charge in [0.05, 0.1) is 0 Å². The molecule has 2 heterocycles. The van der Waals surface area contributed by atoms with Crippen LogP contribution in [0.2, 0.25) is 0 Å². The van der Waals surface area contributed by atoms with Gasteiger partial charge in [0.25, 0.3) is 0 Å². The smallest absolute Gasteiger partial charge is 0.317 e. The van der Waals surface area contributed by atoms with Crippen molar-refractivity contribution in [2.24, 2.45) is 0 Å². The zero-order valence-corrected chi connectivity index (χ0v) is 15.5. The van der Waals surface area contributed by atoms with Crippen molar-refractivity contribution < 1.29 is 9.18 Å². The summed E-state index contributed by atoms with van der Waals surface area (Å²) in [6.45, 7) is 1.44. The van der Waals surface area contributed by atoms with E-state index < -0.39 is 0 Å². The molecule has 1 atom stereocenters. The van der Waals surface area contributed by atoms with Gasteiger partial charge in [-0.25, -0.2) is 9.18 Å². The molecular formula is C19H23FN4OS. The highest BCUT2D eigenvalue weighted by atomic mass is 32.1. The summed E-state index contributed by atoms with van der Waals surface area (Å²) >= 11 is 1.43. The minimum Gasteiger partial charge on any atom is -0.335 e. The Hall–Kier alpha value is -2.02. The predicted molar refractivity (Wildman–Crippen MR) is 99.6 cm³/mol. The van der Waals surface area contributed by atoms with Crippen LogP contribution in [0.4, 0.5) is 9.18 Å². The Bertz CT molecular complexity index is 774. The fourth-order valence-corrected chi connectivity index (χ4v) is 4.84. The normalized spacial score (nSPS) is 21.1. The van der Waals surface area contributed by atoms with Crippen molar-refractivity contribution in [2.45, 2.75) is 50.5 Å². The maximum atomic E-state index is 14.0. The molecule has 4 rings (SSSR count). The van der Waals surface area contributed by atoms with Gasteiger partial charge in [-0.1, -0.05) is 36.3 Å². The van der Waals surface area contributed by atoms with Crippen molar-refractivity contribution in [1.82, 2.24) is 20.4 Å². The van der Waals surface area contributed by atoms with Crippen molar-refractivity contribution in [1.29, 1.82) is 0 Å². The molecule has 1 saturated heterocycles. The SMILES string of the molecule is O=C(NC1CCCC1)N1CCCC(c2nnc(-c3ccccc3F)s2)C1. The second-order valence-electron chi connectivity index (χ2n) is 7.14. The molecule has 2 amide bonds. The average molecular weight is 374 g/mol. The van der Waals surface area contributed by atoms with E-state index in [9.17, 15) is 9.18 Å². The van der Waals surface area contributed by atoms with Gasteiger partial charge in [-0.05, 0) is 37.8 Å². The zero-order valence-electron chi connectivity index (χ0n) is 14.7. The van der Waals surface area contributed by atoms with Crippen LogP contribution in [0.15, 0.2) is 24.3 Å². The molecule has 1 unspecified atom stereocenters. The molecule has 0 spiro atoms. The number of halogens is 1. The van der Waals surface area contributed by atoms with Gasteiger partial charge in [-0.2, -0.15) is 0 Å². The highest BCUT2D eigenvalue weighted by molar-refractivity contribution is 7.14. The lowest BCUT2D eigenvalue weighted by molar-refractivity contribution is 0.176. The second-order valence-corrected chi connectivity index (χ2v) is 8.15. The summed E-state index contributed by atoms with van der Waals surface area (Å²) in [5.74, 6) is -0.104. The van der Waals surface area contributed by atoms with Crippen LogP contribution in [-0.4, -0.2) is 40.3 Å². The lowest BCUT2D eigenvalue weighted by atomic mass is 9.99. The molecular weight excluding hydrogens is 351 g/mol. The van der Waals surface area contributed by atoms with Gasteiger partial charge in [0.2, 0.25) is 0 Å². The van der Waals surface area contributed by atoms with Gasteiger partial charge in [0, 0.05) is 30.6 Å². The third kappa shape index (κ3) is 3.72. The van der Waals surface area contributed by atoms with E-state index in [1.54, 1.807) is 18.2 Å². The first-order valence-corrected chi connectivity index (χ1v) is 10.2. The number of benzene rings is 1. The number of carbonyl (C=O) groups is 1. The van der Waals surface area contributed by atoms with Gasteiger partial charge in [0.1, 0.15) is 10.8 Å². The van der Waals surface area contributed by atoms with E-state index in [1.165, 1.54) is 30.2 Å². The molecule has 1 aliphatic heterocycles. The van der Waals surface area contributed by atoms with Gasteiger partial charge >= 0.3 is 6.03 Å². The Morgan fingerprint density at radius 3 is 2.77 bits per heavy atom. The summed E-state index contributed by atoms with van der Waals surface area (Å²) in [4.78, 5) is 14.4. The summed E-state index contributed by atoms with van der Waals surface area (Å²) in [6, 6.07) is 7.00. The third-order valence-corrected chi connectivity index (χ3v) is 6.40. The van der Waals surface area contributed by atoms with Crippen LogP contribution in [0.25, 0.3) is 10.6 Å². The lowest BCUT2D eigenvalue weighted by Gasteiger charge is -2.32. The molecule has 2 fully saturated rings. The Balaban J connectivity index is 1.43. The quantitative estimate of drug-likeness (QED) is 0.877. The maximum Gasteiger partial charge on any atom is 0.317 e. The first-order valence-electron chi connectivity index (χ1n) is 9.34. The Labute approximate surface area is 156 Å². The molecule has 138 valence electrons. The molecule has 0 bridgehead atoms. The Morgan fingerprint density at radius 2 is 1.96 bits per heavy atom. The molecule has 7 heteroatoms. The highest BCUT2D eigenvalue weighted by Gasteiger charge is 2.29. The van der Waals surface area contributed by atoms with E-state index in [1.807, 2.05) is 4.90 Å². The first-order chi connectivity index (χ1) is 12.7. The van der Waals surface area contributed by atoms with Crippen molar-refractivity contribution in [3.63, 3.8) is 0 Å². The van der Waals surface area contributed by atoms with Crippen LogP contribution in [-0.2, 0) is 0 Å². The molecule has 1 saturated carbocycles. The van der Waals surface area contributed by atoms with Gasteiger partial charge in [-0.15, -0.1) is 10.2 Å². The molecule has 5 nitrogen and oxygen atoms in total. The number of hydrogen-bond acceptors (Lipinski definition) is 4. The number of nitrogens with one attached hydrogen (secondary N) is 1. The third-order valence-electron chi connectivity index (χ3n) is 5.29. The van der Waals surface area contributed by atoms with Crippen LogP contribution in [0.5, 0.6) is 0 Å². The second kappa shape index (κ2) is 7.70.